The lowest BCUT2D eigenvalue weighted by Gasteiger charge is -2.16. The van der Waals surface area contributed by atoms with Gasteiger partial charge < -0.3 is 4.74 Å². The molecule has 1 aromatic carbocycles. The number of hydrogen-bond acceptors (Lipinski definition) is 4. The van der Waals surface area contributed by atoms with Crippen molar-refractivity contribution in [2.45, 2.75) is 30.6 Å². The summed E-state index contributed by atoms with van der Waals surface area (Å²) in [6, 6.07) is 11.1. The van der Waals surface area contributed by atoms with Crippen LogP contribution in [0.4, 0.5) is 0 Å². The molecular weight excluding hydrogens is 358 g/mol. The predicted molar refractivity (Wildman–Crippen MR) is 107 cm³/mol. The van der Waals surface area contributed by atoms with Gasteiger partial charge in [0.25, 0.3) is 0 Å². The molecule has 0 radical (unpaired) electrons. The van der Waals surface area contributed by atoms with Crippen LogP contribution in [0.1, 0.15) is 36.9 Å². The van der Waals surface area contributed by atoms with E-state index in [1.54, 1.807) is 25.4 Å². The third-order valence-electron chi connectivity index (χ3n) is 5.53. The van der Waals surface area contributed by atoms with E-state index in [0.29, 0.717) is 4.90 Å². The topological polar surface area (TPSA) is 56.3 Å². The molecule has 0 saturated heterocycles. The molecule has 0 amide bonds. The van der Waals surface area contributed by atoms with Gasteiger partial charge >= 0.3 is 0 Å². The van der Waals surface area contributed by atoms with Gasteiger partial charge in [-0.25, -0.2) is 8.42 Å². The number of allylic oxidation sites excluding steroid dienone is 4. The van der Waals surface area contributed by atoms with Crippen molar-refractivity contribution < 1.29 is 13.2 Å². The van der Waals surface area contributed by atoms with Gasteiger partial charge in [-0.3, -0.25) is 4.98 Å². The summed E-state index contributed by atoms with van der Waals surface area (Å²) in [5, 5.41) is 0. The van der Waals surface area contributed by atoms with Crippen LogP contribution in [-0.2, 0) is 9.84 Å². The van der Waals surface area contributed by atoms with Crippen molar-refractivity contribution in [1.29, 1.82) is 0 Å². The number of benzene rings is 1. The molecule has 1 fully saturated rings. The number of hydrogen-bond donors (Lipinski definition) is 0. The Hall–Kier alpha value is -2.40. The Labute approximate surface area is 160 Å². The number of ether oxygens (including phenoxy) is 1. The average molecular weight is 381 g/mol. The molecule has 0 atom stereocenters. The fourth-order valence-corrected chi connectivity index (χ4v) is 4.72. The van der Waals surface area contributed by atoms with E-state index < -0.39 is 9.84 Å². The first-order valence-electron chi connectivity index (χ1n) is 9.17. The maximum atomic E-state index is 11.8. The molecule has 0 unspecified atom stereocenters. The Morgan fingerprint density at radius 1 is 0.963 bits per heavy atom. The fourth-order valence-electron chi connectivity index (χ4n) is 4.09. The van der Waals surface area contributed by atoms with Gasteiger partial charge in [0, 0.05) is 17.2 Å². The van der Waals surface area contributed by atoms with Crippen molar-refractivity contribution in [2.24, 2.45) is 5.41 Å². The molecule has 0 N–H and O–H groups in total. The minimum absolute atomic E-state index is 0.0990. The minimum Gasteiger partial charge on any atom is -0.495 e. The zero-order valence-corrected chi connectivity index (χ0v) is 16.4. The van der Waals surface area contributed by atoms with E-state index in [4.69, 9.17) is 4.74 Å². The molecule has 2 aliphatic carbocycles. The highest BCUT2D eigenvalue weighted by atomic mass is 32.2. The van der Waals surface area contributed by atoms with Crippen LogP contribution < -0.4 is 4.74 Å². The summed E-state index contributed by atoms with van der Waals surface area (Å²) in [5.41, 5.74) is 4.29. The Morgan fingerprint density at radius 2 is 1.63 bits per heavy atom. The SMILES string of the molecule is COc1ccc(C2=CC3(C=C2c2ccc(S(C)(=O)=O)cc2)CCCC3)nc1. The van der Waals surface area contributed by atoms with Crippen molar-refractivity contribution in [3.63, 3.8) is 0 Å². The van der Waals surface area contributed by atoms with E-state index in [1.807, 2.05) is 24.3 Å². The predicted octanol–water partition coefficient (Wildman–Crippen LogP) is 4.53. The minimum atomic E-state index is -3.20. The first-order valence-corrected chi connectivity index (χ1v) is 11.1. The van der Waals surface area contributed by atoms with E-state index in [-0.39, 0.29) is 5.41 Å². The van der Waals surface area contributed by atoms with Gasteiger partial charge in [0.2, 0.25) is 0 Å². The summed E-state index contributed by atoms with van der Waals surface area (Å²) < 4.78 is 28.8. The largest absolute Gasteiger partial charge is 0.495 e. The van der Waals surface area contributed by atoms with Crippen molar-refractivity contribution >= 4 is 21.0 Å². The highest BCUT2D eigenvalue weighted by Crippen LogP contribution is 2.51. The Morgan fingerprint density at radius 3 is 2.19 bits per heavy atom. The van der Waals surface area contributed by atoms with Crippen LogP contribution in [0, 0.1) is 5.41 Å². The molecule has 27 heavy (non-hydrogen) atoms. The summed E-state index contributed by atoms with van der Waals surface area (Å²) in [7, 11) is -1.57. The van der Waals surface area contributed by atoms with Gasteiger partial charge in [-0.15, -0.1) is 0 Å². The van der Waals surface area contributed by atoms with Gasteiger partial charge in [0.15, 0.2) is 9.84 Å². The highest BCUT2D eigenvalue weighted by molar-refractivity contribution is 7.90. The standard InChI is InChI=1S/C22H23NO3S/c1-26-17-7-10-21(23-15-17)20-14-22(11-3-4-12-22)13-19(20)16-5-8-18(9-6-16)27(2,24)25/h5-10,13-15H,3-4,11-12H2,1-2H3. The molecule has 2 aromatic rings. The number of pyridine rings is 1. The van der Waals surface area contributed by atoms with E-state index in [1.165, 1.54) is 19.1 Å². The van der Waals surface area contributed by atoms with Crippen molar-refractivity contribution in [3.05, 3.63) is 66.0 Å². The fraction of sp³-hybridized carbons (Fsp3) is 0.318. The normalized spacial score (nSPS) is 18.4. The van der Waals surface area contributed by atoms with E-state index in [9.17, 15) is 8.42 Å². The summed E-state index contributed by atoms with van der Waals surface area (Å²) in [6.07, 6.45) is 12.4. The van der Waals surface area contributed by atoms with Crippen molar-refractivity contribution in [1.82, 2.24) is 4.98 Å². The third kappa shape index (κ3) is 3.44. The molecule has 2 aliphatic rings. The second-order valence-corrected chi connectivity index (χ2v) is 9.45. The molecule has 140 valence electrons. The number of nitrogens with zero attached hydrogens (tertiary/aromatic N) is 1. The van der Waals surface area contributed by atoms with Gasteiger partial charge in [0.05, 0.1) is 23.9 Å². The molecule has 0 aliphatic heterocycles. The van der Waals surface area contributed by atoms with Crippen LogP contribution in [0.2, 0.25) is 0 Å². The van der Waals surface area contributed by atoms with Crippen LogP contribution >= 0.6 is 0 Å². The maximum Gasteiger partial charge on any atom is 0.175 e. The Bertz CT molecular complexity index is 1010. The monoisotopic (exact) mass is 381 g/mol. The molecule has 1 saturated carbocycles. The molecule has 4 rings (SSSR count). The van der Waals surface area contributed by atoms with Gasteiger partial charge in [-0.05, 0) is 48.2 Å². The van der Waals surface area contributed by atoms with Crippen LogP contribution in [-0.4, -0.2) is 26.8 Å². The number of sulfone groups is 1. The van der Waals surface area contributed by atoms with Crippen molar-refractivity contribution in [2.75, 3.05) is 13.4 Å². The molecule has 5 heteroatoms. The van der Waals surface area contributed by atoms with E-state index >= 15 is 0 Å². The van der Waals surface area contributed by atoms with Crippen LogP contribution in [0.25, 0.3) is 11.1 Å². The average Bonchev–Trinajstić information content (AvgIpc) is 3.28. The number of aromatic nitrogens is 1. The summed E-state index contributed by atoms with van der Waals surface area (Å²) in [4.78, 5) is 4.93. The summed E-state index contributed by atoms with van der Waals surface area (Å²) in [5.74, 6) is 0.732. The first kappa shape index (κ1) is 18.0. The zero-order valence-electron chi connectivity index (χ0n) is 15.6. The second-order valence-electron chi connectivity index (χ2n) is 7.44. The molecule has 1 aromatic heterocycles. The highest BCUT2D eigenvalue weighted by Gasteiger charge is 2.36. The van der Waals surface area contributed by atoms with Crippen LogP contribution in [0.5, 0.6) is 5.75 Å². The molecule has 1 heterocycles. The smallest absolute Gasteiger partial charge is 0.175 e. The van der Waals surface area contributed by atoms with Crippen molar-refractivity contribution in [3.8, 4) is 5.75 Å². The van der Waals surface area contributed by atoms with E-state index in [2.05, 4.69) is 17.1 Å². The zero-order chi connectivity index (χ0) is 19.1. The lowest BCUT2D eigenvalue weighted by atomic mass is 9.88. The van der Waals surface area contributed by atoms with Gasteiger partial charge in [-0.1, -0.05) is 37.1 Å². The lowest BCUT2D eigenvalue weighted by molar-refractivity contribution is 0.413. The number of rotatable bonds is 4. The van der Waals surface area contributed by atoms with Crippen LogP contribution in [0.15, 0.2) is 59.6 Å². The summed E-state index contributed by atoms with van der Waals surface area (Å²) >= 11 is 0. The quantitative estimate of drug-likeness (QED) is 0.780. The lowest BCUT2D eigenvalue weighted by Crippen LogP contribution is -2.05. The maximum absolute atomic E-state index is 11.8. The van der Waals surface area contributed by atoms with Gasteiger partial charge in [0.1, 0.15) is 5.75 Å². The number of methoxy groups -OCH3 is 1. The molecule has 1 spiro atoms. The Balaban J connectivity index is 1.77. The second kappa shape index (κ2) is 6.64. The van der Waals surface area contributed by atoms with Gasteiger partial charge in [-0.2, -0.15) is 0 Å². The Kier molecular flexibility index (Phi) is 4.42. The summed E-state index contributed by atoms with van der Waals surface area (Å²) in [6.45, 7) is 0. The third-order valence-corrected chi connectivity index (χ3v) is 6.66. The molecule has 4 nitrogen and oxygen atoms in total. The first-order chi connectivity index (χ1) is 12.9. The van der Waals surface area contributed by atoms with E-state index in [0.717, 1.165) is 41.0 Å². The van der Waals surface area contributed by atoms with Crippen LogP contribution in [0.3, 0.4) is 0 Å². The molecule has 0 bridgehead atoms. The molecular formula is C22H23NO3S.